The second-order valence-corrected chi connectivity index (χ2v) is 6.80. The van der Waals surface area contributed by atoms with Gasteiger partial charge in [0, 0.05) is 18.2 Å². The predicted molar refractivity (Wildman–Crippen MR) is 81.5 cm³/mol. The summed E-state index contributed by atoms with van der Waals surface area (Å²) in [6, 6.07) is 4.05. The first-order chi connectivity index (χ1) is 9.84. The fourth-order valence-corrected chi connectivity index (χ4v) is 3.96. The van der Waals surface area contributed by atoms with Gasteiger partial charge in [0.2, 0.25) is 10.0 Å². The average Bonchev–Trinajstić information content (AvgIpc) is 2.41. The summed E-state index contributed by atoms with van der Waals surface area (Å²) in [6.45, 7) is 2.90. The topological polar surface area (TPSA) is 77.8 Å². The largest absolute Gasteiger partial charge is 0.395 e. The molecule has 1 rings (SSSR count). The number of benzene rings is 1. The molecule has 0 aliphatic heterocycles. The number of sulfonamides is 1. The molecule has 1 aromatic carbocycles. The number of halogens is 1. The fourth-order valence-electron chi connectivity index (χ4n) is 1.81. The number of aliphatic hydroxyl groups excluding tert-OH is 2. The zero-order valence-electron chi connectivity index (χ0n) is 11.9. The van der Waals surface area contributed by atoms with Gasteiger partial charge in [-0.15, -0.1) is 0 Å². The van der Waals surface area contributed by atoms with E-state index in [1.165, 1.54) is 22.5 Å². The number of hydrogen-bond donors (Lipinski definition) is 2. The van der Waals surface area contributed by atoms with Crippen LogP contribution in [-0.4, -0.2) is 48.7 Å². The van der Waals surface area contributed by atoms with Crippen molar-refractivity contribution in [2.24, 2.45) is 0 Å². The molecule has 5 nitrogen and oxygen atoms in total. The van der Waals surface area contributed by atoms with Crippen LogP contribution in [0.1, 0.15) is 19.4 Å². The highest BCUT2D eigenvalue weighted by Crippen LogP contribution is 2.26. The van der Waals surface area contributed by atoms with Gasteiger partial charge >= 0.3 is 0 Å². The minimum Gasteiger partial charge on any atom is -0.395 e. The first-order valence-corrected chi connectivity index (χ1v) is 8.18. The summed E-state index contributed by atoms with van der Waals surface area (Å²) in [5.74, 6) is 5.12. The monoisotopic (exact) mass is 331 g/mol. The molecule has 21 heavy (non-hydrogen) atoms. The molecule has 0 unspecified atom stereocenters. The molecule has 0 radical (unpaired) electrons. The van der Waals surface area contributed by atoms with E-state index in [1.807, 2.05) is 0 Å². The van der Waals surface area contributed by atoms with Crippen molar-refractivity contribution in [3.05, 3.63) is 28.8 Å². The predicted octanol–water partition coefficient (Wildman–Crippen LogP) is 1.08. The molecule has 0 saturated heterocycles. The van der Waals surface area contributed by atoms with Crippen LogP contribution in [0.25, 0.3) is 0 Å². The van der Waals surface area contributed by atoms with Gasteiger partial charge in [0.05, 0.1) is 11.6 Å². The molecule has 1 aromatic rings. The van der Waals surface area contributed by atoms with E-state index in [4.69, 9.17) is 21.8 Å². The van der Waals surface area contributed by atoms with E-state index in [9.17, 15) is 8.42 Å². The highest BCUT2D eigenvalue weighted by Gasteiger charge is 2.28. The van der Waals surface area contributed by atoms with Crippen LogP contribution in [0, 0.1) is 11.8 Å². The van der Waals surface area contributed by atoms with Crippen molar-refractivity contribution in [1.82, 2.24) is 4.31 Å². The van der Waals surface area contributed by atoms with Crippen LogP contribution in [0.2, 0.25) is 5.02 Å². The Labute approximate surface area is 130 Å². The lowest BCUT2D eigenvalue weighted by molar-refractivity contribution is 0.236. The van der Waals surface area contributed by atoms with Crippen molar-refractivity contribution in [1.29, 1.82) is 0 Å². The Kier molecular flexibility index (Phi) is 6.65. The maximum absolute atomic E-state index is 12.6. The normalized spacial score (nSPS) is 11.6. The Hall–Kier alpha value is -1.10. The minimum absolute atomic E-state index is 0.00238. The molecule has 0 heterocycles. The fraction of sp³-hybridized carbons (Fsp3) is 0.429. The molecule has 116 valence electrons. The third kappa shape index (κ3) is 4.43. The molecule has 0 aromatic heterocycles. The van der Waals surface area contributed by atoms with Gasteiger partial charge < -0.3 is 10.2 Å². The Morgan fingerprint density at radius 2 is 2.00 bits per heavy atom. The average molecular weight is 332 g/mol. The molecule has 0 fully saturated rings. The van der Waals surface area contributed by atoms with Crippen LogP contribution in [0.3, 0.4) is 0 Å². The van der Waals surface area contributed by atoms with Gasteiger partial charge in [-0.2, -0.15) is 4.31 Å². The summed E-state index contributed by atoms with van der Waals surface area (Å²) in [6.07, 6.45) is 0. The molecule has 0 aliphatic rings. The van der Waals surface area contributed by atoms with Gasteiger partial charge in [0.25, 0.3) is 0 Å². The third-order valence-corrected chi connectivity index (χ3v) is 5.28. The van der Waals surface area contributed by atoms with E-state index in [-0.39, 0.29) is 35.7 Å². The smallest absolute Gasteiger partial charge is 0.244 e. The number of aliphatic hydroxyl groups is 2. The van der Waals surface area contributed by atoms with E-state index in [2.05, 4.69) is 11.8 Å². The quantitative estimate of drug-likeness (QED) is 0.791. The maximum Gasteiger partial charge on any atom is 0.244 e. The Morgan fingerprint density at radius 3 is 2.48 bits per heavy atom. The second-order valence-electron chi connectivity index (χ2n) is 4.54. The number of hydrogen-bond acceptors (Lipinski definition) is 4. The van der Waals surface area contributed by atoms with Gasteiger partial charge in [0.15, 0.2) is 0 Å². The lowest BCUT2D eigenvalue weighted by atomic mass is 10.2. The molecule has 0 amide bonds. The highest BCUT2D eigenvalue weighted by atomic mass is 35.5. The zero-order chi connectivity index (χ0) is 16.0. The molecule has 7 heteroatoms. The summed E-state index contributed by atoms with van der Waals surface area (Å²) in [5.41, 5.74) is 0.520. The third-order valence-electron chi connectivity index (χ3n) is 2.73. The van der Waals surface area contributed by atoms with Crippen LogP contribution in [0.4, 0.5) is 0 Å². The summed E-state index contributed by atoms with van der Waals surface area (Å²) in [4.78, 5) is -0.0270. The highest BCUT2D eigenvalue weighted by molar-refractivity contribution is 7.89. The zero-order valence-corrected chi connectivity index (χ0v) is 13.4. The van der Waals surface area contributed by atoms with Crippen LogP contribution in [0.5, 0.6) is 0 Å². The summed E-state index contributed by atoms with van der Waals surface area (Å²) in [7, 11) is -3.79. The molecule has 2 N–H and O–H groups in total. The van der Waals surface area contributed by atoms with Crippen LogP contribution < -0.4 is 0 Å². The molecule has 0 saturated carbocycles. The van der Waals surface area contributed by atoms with E-state index >= 15 is 0 Å². The van der Waals surface area contributed by atoms with Crippen molar-refractivity contribution in [3.8, 4) is 11.8 Å². The minimum atomic E-state index is -3.79. The lowest BCUT2D eigenvalue weighted by Crippen LogP contribution is -2.39. The van der Waals surface area contributed by atoms with Gasteiger partial charge in [-0.3, -0.25) is 0 Å². The molecule has 0 spiro atoms. The Morgan fingerprint density at radius 1 is 1.33 bits per heavy atom. The first kappa shape index (κ1) is 18.0. The molecule has 0 bridgehead atoms. The van der Waals surface area contributed by atoms with Crippen molar-refractivity contribution < 1.29 is 18.6 Å². The molecule has 0 atom stereocenters. The van der Waals surface area contributed by atoms with Crippen molar-refractivity contribution in [2.45, 2.75) is 24.8 Å². The van der Waals surface area contributed by atoms with Gasteiger partial charge in [-0.1, -0.05) is 23.4 Å². The van der Waals surface area contributed by atoms with Crippen molar-refractivity contribution in [2.75, 3.05) is 19.8 Å². The number of rotatable bonds is 5. The Bertz CT molecular complexity index is 647. The summed E-state index contributed by atoms with van der Waals surface area (Å²) >= 11 is 6.04. The van der Waals surface area contributed by atoms with Crippen molar-refractivity contribution in [3.63, 3.8) is 0 Å². The van der Waals surface area contributed by atoms with E-state index in [1.54, 1.807) is 13.8 Å². The summed E-state index contributed by atoms with van der Waals surface area (Å²) in [5, 5.41) is 17.7. The molecular formula is C14H18ClNO4S. The van der Waals surface area contributed by atoms with Crippen LogP contribution >= 0.6 is 11.6 Å². The van der Waals surface area contributed by atoms with E-state index in [0.717, 1.165) is 0 Å². The van der Waals surface area contributed by atoms with Gasteiger partial charge in [-0.25, -0.2) is 8.42 Å². The Balaban J connectivity index is 3.25. The van der Waals surface area contributed by atoms with Crippen LogP contribution in [-0.2, 0) is 10.0 Å². The van der Waals surface area contributed by atoms with Gasteiger partial charge in [-0.05, 0) is 32.0 Å². The lowest BCUT2D eigenvalue weighted by Gasteiger charge is -2.25. The second kappa shape index (κ2) is 7.78. The molecule has 0 aliphatic carbocycles. The van der Waals surface area contributed by atoms with E-state index < -0.39 is 10.0 Å². The number of nitrogens with zero attached hydrogens (tertiary/aromatic N) is 1. The van der Waals surface area contributed by atoms with Gasteiger partial charge in [0.1, 0.15) is 11.5 Å². The van der Waals surface area contributed by atoms with E-state index in [0.29, 0.717) is 5.56 Å². The first-order valence-electron chi connectivity index (χ1n) is 6.36. The van der Waals surface area contributed by atoms with Crippen LogP contribution in [0.15, 0.2) is 23.1 Å². The standard InChI is InChI=1S/C14H18ClNO4S/c1-11(2)16(7-9-18)21(19,20)14-6-5-12(4-3-8-17)10-13(14)15/h5-6,10-11,17-18H,7-9H2,1-2H3. The SMILES string of the molecule is CC(C)N(CCO)S(=O)(=O)c1ccc(C#CCO)cc1Cl. The summed E-state index contributed by atoms with van der Waals surface area (Å²) < 4.78 is 26.3. The maximum atomic E-state index is 12.6. The van der Waals surface area contributed by atoms with Crippen molar-refractivity contribution >= 4 is 21.6 Å². The molecular weight excluding hydrogens is 314 g/mol.